The van der Waals surface area contributed by atoms with Crippen LogP contribution in [0.1, 0.15) is 37.5 Å². The highest BCUT2D eigenvalue weighted by molar-refractivity contribution is 8.18. The predicted octanol–water partition coefficient (Wildman–Crippen LogP) is 5.52. The minimum atomic E-state index is -0.107. The number of fused-ring (bicyclic) bond motifs is 1. The van der Waals surface area contributed by atoms with Crippen LogP contribution in [-0.2, 0) is 4.79 Å². The van der Waals surface area contributed by atoms with Crippen LogP contribution in [0, 0.1) is 6.92 Å². The van der Waals surface area contributed by atoms with Crippen LogP contribution in [0.3, 0.4) is 0 Å². The van der Waals surface area contributed by atoms with E-state index in [0.717, 1.165) is 16.8 Å². The van der Waals surface area contributed by atoms with E-state index in [1.807, 2.05) is 37.3 Å². The number of thioether (sulfide) groups is 1. The lowest BCUT2D eigenvalue weighted by molar-refractivity contribution is -0.115. The lowest BCUT2D eigenvalue weighted by atomic mass is 9.88. The van der Waals surface area contributed by atoms with Gasteiger partial charge in [0, 0.05) is 18.3 Å². The average molecular weight is 404 g/mol. The molecule has 4 nitrogen and oxygen atoms in total. The minimum absolute atomic E-state index is 0.0145. The van der Waals surface area contributed by atoms with E-state index in [9.17, 15) is 4.79 Å². The van der Waals surface area contributed by atoms with E-state index < -0.39 is 0 Å². The third-order valence-electron chi connectivity index (χ3n) is 5.42. The van der Waals surface area contributed by atoms with Gasteiger partial charge in [-0.25, -0.2) is 4.99 Å². The molecule has 2 aromatic rings. The summed E-state index contributed by atoms with van der Waals surface area (Å²) in [5.74, 6) is -0.107. The number of rotatable bonds is 2. The van der Waals surface area contributed by atoms with Gasteiger partial charge in [-0.15, -0.1) is 0 Å². The lowest BCUT2D eigenvalue weighted by Gasteiger charge is -2.40. The summed E-state index contributed by atoms with van der Waals surface area (Å²) in [5.41, 5.74) is 6.66. The highest BCUT2D eigenvalue weighted by Crippen LogP contribution is 2.39. The number of nitrogens with zero attached hydrogens (tertiary/aromatic N) is 2. The molecule has 29 heavy (non-hydrogen) atoms. The summed E-state index contributed by atoms with van der Waals surface area (Å²) in [5, 5.41) is 3.48. The van der Waals surface area contributed by atoms with Gasteiger partial charge in [0.1, 0.15) is 0 Å². The first-order chi connectivity index (χ1) is 13.7. The van der Waals surface area contributed by atoms with Crippen LogP contribution in [0.5, 0.6) is 0 Å². The van der Waals surface area contributed by atoms with Crippen molar-refractivity contribution in [1.29, 1.82) is 0 Å². The average Bonchev–Trinajstić information content (AvgIpc) is 2.98. The van der Waals surface area contributed by atoms with E-state index in [1.54, 1.807) is 0 Å². The van der Waals surface area contributed by atoms with Gasteiger partial charge in [-0.1, -0.05) is 24.3 Å². The molecular weight excluding hydrogens is 378 g/mol. The molecule has 0 aromatic heterocycles. The highest BCUT2D eigenvalue weighted by Gasteiger charge is 2.29. The Morgan fingerprint density at radius 1 is 1.14 bits per heavy atom. The van der Waals surface area contributed by atoms with Crippen molar-refractivity contribution in [3.63, 3.8) is 0 Å². The first-order valence-corrected chi connectivity index (χ1v) is 10.5. The number of carbonyl (C=O) groups is 1. The van der Waals surface area contributed by atoms with Crippen LogP contribution in [0.15, 0.2) is 58.4 Å². The number of hydrogen-bond donors (Lipinski definition) is 1. The molecule has 1 saturated heterocycles. The number of amidine groups is 1. The largest absolute Gasteiger partial charge is 0.366 e. The molecule has 0 aliphatic carbocycles. The van der Waals surface area contributed by atoms with E-state index in [1.165, 1.54) is 28.6 Å². The third kappa shape index (κ3) is 3.87. The summed E-state index contributed by atoms with van der Waals surface area (Å²) in [6.07, 6.45) is 4.22. The Kier molecular flexibility index (Phi) is 4.87. The van der Waals surface area contributed by atoms with Crippen molar-refractivity contribution in [3.05, 3.63) is 70.1 Å². The fourth-order valence-corrected chi connectivity index (χ4v) is 4.56. The normalized spacial score (nSPS) is 20.7. The van der Waals surface area contributed by atoms with E-state index >= 15 is 0 Å². The second-order valence-corrected chi connectivity index (χ2v) is 9.17. The van der Waals surface area contributed by atoms with Gasteiger partial charge in [-0.3, -0.25) is 4.79 Å². The molecule has 148 valence electrons. The second-order valence-electron chi connectivity index (χ2n) is 8.14. The van der Waals surface area contributed by atoms with Gasteiger partial charge in [0.25, 0.3) is 5.91 Å². The molecule has 0 radical (unpaired) electrons. The summed E-state index contributed by atoms with van der Waals surface area (Å²) in [7, 11) is 2.12. The molecule has 2 aromatic carbocycles. The minimum Gasteiger partial charge on any atom is -0.366 e. The smallest absolute Gasteiger partial charge is 0.264 e. The highest BCUT2D eigenvalue weighted by atomic mass is 32.2. The fraction of sp³-hybridized carbons (Fsp3) is 0.250. The van der Waals surface area contributed by atoms with Crippen LogP contribution in [0.4, 0.5) is 11.4 Å². The number of carbonyl (C=O) groups excluding carboxylic acids is 1. The summed E-state index contributed by atoms with van der Waals surface area (Å²) >= 11 is 1.38. The van der Waals surface area contributed by atoms with Crippen molar-refractivity contribution in [2.75, 3.05) is 11.9 Å². The number of aliphatic imine (C=N–C) groups is 1. The number of anilines is 1. The van der Waals surface area contributed by atoms with Crippen LogP contribution in [-0.4, -0.2) is 23.7 Å². The summed E-state index contributed by atoms with van der Waals surface area (Å²) < 4.78 is 0. The van der Waals surface area contributed by atoms with Crippen LogP contribution in [0.2, 0.25) is 0 Å². The van der Waals surface area contributed by atoms with E-state index in [2.05, 4.69) is 67.3 Å². The molecule has 5 heteroatoms. The molecule has 4 rings (SSSR count). The first-order valence-electron chi connectivity index (χ1n) is 9.67. The van der Waals surface area contributed by atoms with Crippen molar-refractivity contribution in [2.24, 2.45) is 4.99 Å². The van der Waals surface area contributed by atoms with Crippen LogP contribution < -0.4 is 10.2 Å². The number of hydrogen-bond acceptors (Lipinski definition) is 4. The van der Waals surface area contributed by atoms with Gasteiger partial charge >= 0.3 is 0 Å². The first kappa shape index (κ1) is 19.5. The number of amides is 1. The Labute approximate surface area is 176 Å². The van der Waals surface area contributed by atoms with Crippen molar-refractivity contribution >= 4 is 45.9 Å². The van der Waals surface area contributed by atoms with E-state index in [4.69, 9.17) is 0 Å². The van der Waals surface area contributed by atoms with Gasteiger partial charge < -0.3 is 10.2 Å². The molecule has 1 N–H and O–H groups in total. The fourth-order valence-electron chi connectivity index (χ4n) is 3.71. The maximum Gasteiger partial charge on any atom is 0.264 e. The maximum atomic E-state index is 12.4. The summed E-state index contributed by atoms with van der Waals surface area (Å²) in [4.78, 5) is 19.9. The third-order valence-corrected chi connectivity index (χ3v) is 6.33. The number of nitrogens with one attached hydrogen (secondary N) is 1. The standard InChI is InChI=1S/C24H25N3OS/c1-15-7-6-8-18(11-15)25-23-26-22(28)21(29-23)13-17-9-10-20-19(12-17)16(2)14-24(3,4)27(20)5/h6-14H,1-5H3,(H,25,26,28)/b21-13+. The van der Waals surface area contributed by atoms with Gasteiger partial charge in [0.05, 0.1) is 16.1 Å². The Morgan fingerprint density at radius 3 is 2.69 bits per heavy atom. The van der Waals surface area contributed by atoms with E-state index in [-0.39, 0.29) is 11.4 Å². The Bertz CT molecular complexity index is 1100. The SMILES string of the molecule is CC1=CC(C)(C)N(C)c2ccc(/C=C3/SC(=Nc4cccc(C)c4)NC3=O)cc21. The maximum absolute atomic E-state index is 12.4. The molecule has 0 spiro atoms. The number of allylic oxidation sites excluding steroid dienone is 1. The van der Waals surface area contributed by atoms with Gasteiger partial charge in [0.2, 0.25) is 0 Å². The number of likely N-dealkylation sites (N-methyl/N-ethyl adjacent to an activating group) is 1. The van der Waals surface area contributed by atoms with Crippen molar-refractivity contribution in [2.45, 2.75) is 33.2 Å². The van der Waals surface area contributed by atoms with E-state index in [0.29, 0.717) is 10.1 Å². The summed E-state index contributed by atoms with van der Waals surface area (Å²) in [6, 6.07) is 14.3. The van der Waals surface area contributed by atoms with Gasteiger partial charge in [-0.05, 0) is 86.5 Å². The molecule has 0 bridgehead atoms. The summed E-state index contributed by atoms with van der Waals surface area (Å²) in [6.45, 7) is 8.60. The van der Waals surface area contributed by atoms with Crippen LogP contribution in [0.25, 0.3) is 11.6 Å². The molecule has 2 heterocycles. The van der Waals surface area contributed by atoms with Gasteiger partial charge in [-0.2, -0.15) is 0 Å². The molecule has 1 amide bonds. The number of benzene rings is 2. The lowest BCUT2D eigenvalue weighted by Crippen LogP contribution is -2.42. The Balaban J connectivity index is 1.62. The second kappa shape index (κ2) is 7.23. The molecular formula is C24H25N3OS. The van der Waals surface area contributed by atoms with Gasteiger partial charge in [0.15, 0.2) is 5.17 Å². The topological polar surface area (TPSA) is 44.7 Å². The zero-order valence-electron chi connectivity index (χ0n) is 17.4. The zero-order valence-corrected chi connectivity index (χ0v) is 18.2. The quantitative estimate of drug-likeness (QED) is 0.672. The Hall–Kier alpha value is -2.79. The molecule has 2 aliphatic rings. The zero-order chi connectivity index (χ0) is 20.8. The van der Waals surface area contributed by atoms with Crippen molar-refractivity contribution in [1.82, 2.24) is 5.32 Å². The predicted molar refractivity (Wildman–Crippen MR) is 125 cm³/mol. The Morgan fingerprint density at radius 2 is 1.93 bits per heavy atom. The number of aryl methyl sites for hydroxylation is 1. The molecule has 1 fully saturated rings. The molecule has 2 aliphatic heterocycles. The van der Waals surface area contributed by atoms with Crippen LogP contribution >= 0.6 is 11.8 Å². The monoisotopic (exact) mass is 403 g/mol. The van der Waals surface area contributed by atoms with Crippen molar-refractivity contribution < 1.29 is 4.79 Å². The molecule has 0 saturated carbocycles. The molecule has 0 atom stereocenters. The molecule has 0 unspecified atom stereocenters. The van der Waals surface area contributed by atoms with Crippen molar-refractivity contribution in [3.8, 4) is 0 Å².